The van der Waals surface area contributed by atoms with Crippen LogP contribution in [0.25, 0.3) is 0 Å². The molecule has 5 heteroatoms. The van der Waals surface area contributed by atoms with Gasteiger partial charge in [-0.3, -0.25) is 4.79 Å². The summed E-state index contributed by atoms with van der Waals surface area (Å²) in [7, 11) is 1.94. The summed E-state index contributed by atoms with van der Waals surface area (Å²) >= 11 is 0. The van der Waals surface area contributed by atoms with E-state index in [1.54, 1.807) is 6.92 Å². The number of hydrogen-bond acceptors (Lipinski definition) is 4. The smallest absolute Gasteiger partial charge is 0.306 e. The summed E-state index contributed by atoms with van der Waals surface area (Å²) in [5.74, 6) is 0.409. The third kappa shape index (κ3) is 2.67. The van der Waals surface area contributed by atoms with Gasteiger partial charge in [0.05, 0.1) is 5.92 Å². The second kappa shape index (κ2) is 5.16. The van der Waals surface area contributed by atoms with E-state index in [0.717, 1.165) is 17.2 Å². The van der Waals surface area contributed by atoms with Gasteiger partial charge in [0.1, 0.15) is 0 Å². The maximum atomic E-state index is 10.7. The van der Waals surface area contributed by atoms with Crippen molar-refractivity contribution in [3.05, 3.63) is 18.2 Å². The van der Waals surface area contributed by atoms with Gasteiger partial charge < -0.3 is 19.5 Å². The van der Waals surface area contributed by atoms with E-state index in [-0.39, 0.29) is 12.7 Å². The van der Waals surface area contributed by atoms with Crippen molar-refractivity contribution in [2.45, 2.75) is 13.3 Å². The lowest BCUT2D eigenvalue weighted by Gasteiger charge is -2.20. The Bertz CT molecular complexity index is 447. The molecule has 1 aliphatic rings. The SMILES string of the molecule is CC(CCN(C)c1ccc2c(c1)OCO2)C(=O)O. The molecule has 18 heavy (non-hydrogen) atoms. The van der Waals surface area contributed by atoms with Crippen LogP contribution >= 0.6 is 0 Å². The summed E-state index contributed by atoms with van der Waals surface area (Å²) in [6.07, 6.45) is 0.611. The average Bonchev–Trinajstić information content (AvgIpc) is 2.82. The highest BCUT2D eigenvalue weighted by atomic mass is 16.7. The number of hydrogen-bond donors (Lipinski definition) is 1. The number of carboxylic acid groups (broad SMARTS) is 1. The van der Waals surface area contributed by atoms with Crippen molar-refractivity contribution in [3.8, 4) is 11.5 Å². The molecule has 0 amide bonds. The molecule has 0 radical (unpaired) electrons. The molecule has 1 aromatic rings. The van der Waals surface area contributed by atoms with Gasteiger partial charge in [-0.05, 0) is 18.6 Å². The second-order valence-electron chi connectivity index (χ2n) is 4.49. The first-order valence-electron chi connectivity index (χ1n) is 5.91. The first-order chi connectivity index (χ1) is 8.58. The molecule has 1 N–H and O–H groups in total. The van der Waals surface area contributed by atoms with Gasteiger partial charge in [-0.15, -0.1) is 0 Å². The van der Waals surface area contributed by atoms with Crippen LogP contribution in [0.3, 0.4) is 0 Å². The summed E-state index contributed by atoms with van der Waals surface area (Å²) < 4.78 is 10.6. The molecule has 98 valence electrons. The summed E-state index contributed by atoms with van der Waals surface area (Å²) in [5.41, 5.74) is 0.997. The Morgan fingerprint density at radius 1 is 1.44 bits per heavy atom. The summed E-state index contributed by atoms with van der Waals surface area (Å²) in [5, 5.41) is 8.84. The van der Waals surface area contributed by atoms with Crippen LogP contribution in [0, 0.1) is 5.92 Å². The van der Waals surface area contributed by atoms with Gasteiger partial charge >= 0.3 is 5.97 Å². The predicted octanol–water partition coefficient (Wildman–Crippen LogP) is 1.96. The third-order valence-corrected chi connectivity index (χ3v) is 3.12. The van der Waals surface area contributed by atoms with Crippen LogP contribution in [0.1, 0.15) is 13.3 Å². The fourth-order valence-corrected chi connectivity index (χ4v) is 1.76. The Labute approximate surface area is 106 Å². The van der Waals surface area contributed by atoms with E-state index >= 15 is 0 Å². The molecule has 0 bridgehead atoms. The molecular weight excluding hydrogens is 234 g/mol. The first kappa shape index (κ1) is 12.5. The Hall–Kier alpha value is -1.91. The molecule has 0 aromatic heterocycles. The highest BCUT2D eigenvalue weighted by Crippen LogP contribution is 2.35. The van der Waals surface area contributed by atoms with Gasteiger partial charge in [0.25, 0.3) is 0 Å². The monoisotopic (exact) mass is 251 g/mol. The molecule has 0 fully saturated rings. The van der Waals surface area contributed by atoms with Crippen LogP contribution in [-0.2, 0) is 4.79 Å². The molecule has 2 rings (SSSR count). The van der Waals surface area contributed by atoms with E-state index < -0.39 is 5.97 Å². The number of carbonyl (C=O) groups is 1. The number of nitrogens with zero attached hydrogens (tertiary/aromatic N) is 1. The number of carboxylic acids is 1. The van der Waals surface area contributed by atoms with Gasteiger partial charge in [-0.1, -0.05) is 6.92 Å². The number of fused-ring (bicyclic) bond motifs is 1. The van der Waals surface area contributed by atoms with Crippen LogP contribution in [0.2, 0.25) is 0 Å². The first-order valence-corrected chi connectivity index (χ1v) is 5.91. The molecular formula is C13H17NO4. The van der Waals surface area contributed by atoms with E-state index in [1.807, 2.05) is 30.1 Å². The van der Waals surface area contributed by atoms with E-state index in [1.165, 1.54) is 0 Å². The molecule has 5 nitrogen and oxygen atoms in total. The standard InChI is InChI=1S/C13H17NO4/c1-9(13(15)16)5-6-14(2)10-3-4-11-12(7-10)18-8-17-11/h3-4,7,9H,5-6,8H2,1-2H3,(H,15,16). The molecule has 0 saturated carbocycles. The molecule has 1 atom stereocenters. The van der Waals surface area contributed by atoms with Crippen LogP contribution in [0.5, 0.6) is 11.5 Å². The Morgan fingerprint density at radius 2 is 2.17 bits per heavy atom. The zero-order valence-corrected chi connectivity index (χ0v) is 10.5. The lowest BCUT2D eigenvalue weighted by molar-refractivity contribution is -0.141. The Kier molecular flexibility index (Phi) is 3.60. The van der Waals surface area contributed by atoms with Crippen LogP contribution < -0.4 is 14.4 Å². The molecule has 1 aromatic carbocycles. The van der Waals surface area contributed by atoms with Gasteiger partial charge in [-0.2, -0.15) is 0 Å². The van der Waals surface area contributed by atoms with Crippen molar-refractivity contribution >= 4 is 11.7 Å². The van der Waals surface area contributed by atoms with Crippen molar-refractivity contribution in [1.82, 2.24) is 0 Å². The fraction of sp³-hybridized carbons (Fsp3) is 0.462. The van der Waals surface area contributed by atoms with E-state index in [2.05, 4.69) is 0 Å². The topological polar surface area (TPSA) is 59.0 Å². The number of ether oxygens (including phenoxy) is 2. The Morgan fingerprint density at radius 3 is 2.89 bits per heavy atom. The second-order valence-corrected chi connectivity index (χ2v) is 4.49. The maximum Gasteiger partial charge on any atom is 0.306 e. The highest BCUT2D eigenvalue weighted by Gasteiger charge is 2.16. The number of anilines is 1. The van der Waals surface area contributed by atoms with Gasteiger partial charge in [0, 0.05) is 25.3 Å². The maximum absolute atomic E-state index is 10.7. The van der Waals surface area contributed by atoms with Crippen molar-refractivity contribution in [2.75, 3.05) is 25.3 Å². The largest absolute Gasteiger partial charge is 0.481 e. The molecule has 1 aliphatic heterocycles. The van der Waals surface area contributed by atoms with E-state index in [9.17, 15) is 4.79 Å². The normalized spacial score (nSPS) is 14.3. The minimum absolute atomic E-state index is 0.262. The van der Waals surface area contributed by atoms with Crippen molar-refractivity contribution < 1.29 is 19.4 Å². The Balaban J connectivity index is 1.97. The number of aliphatic carboxylic acids is 1. The number of rotatable bonds is 5. The molecule has 1 unspecified atom stereocenters. The molecule has 0 aliphatic carbocycles. The molecule has 0 saturated heterocycles. The van der Waals surface area contributed by atoms with Gasteiger partial charge in [0.2, 0.25) is 6.79 Å². The highest BCUT2D eigenvalue weighted by molar-refractivity contribution is 5.69. The quantitative estimate of drug-likeness (QED) is 0.867. The van der Waals surface area contributed by atoms with Gasteiger partial charge in [0.15, 0.2) is 11.5 Å². The minimum Gasteiger partial charge on any atom is -0.481 e. The molecule has 1 heterocycles. The number of benzene rings is 1. The van der Waals surface area contributed by atoms with Crippen LogP contribution in [0.4, 0.5) is 5.69 Å². The van der Waals surface area contributed by atoms with Gasteiger partial charge in [-0.25, -0.2) is 0 Å². The lowest BCUT2D eigenvalue weighted by atomic mass is 10.1. The summed E-state index contributed by atoms with van der Waals surface area (Å²) in [4.78, 5) is 12.8. The lowest BCUT2D eigenvalue weighted by Crippen LogP contribution is -2.22. The zero-order chi connectivity index (χ0) is 13.1. The molecule has 0 spiro atoms. The fourth-order valence-electron chi connectivity index (χ4n) is 1.76. The van der Waals surface area contributed by atoms with Crippen molar-refractivity contribution in [1.29, 1.82) is 0 Å². The predicted molar refractivity (Wildman–Crippen MR) is 67.3 cm³/mol. The van der Waals surface area contributed by atoms with E-state index in [0.29, 0.717) is 13.0 Å². The summed E-state index contributed by atoms with van der Waals surface area (Å²) in [6, 6.07) is 5.72. The zero-order valence-electron chi connectivity index (χ0n) is 10.5. The van der Waals surface area contributed by atoms with Crippen LogP contribution in [-0.4, -0.2) is 31.5 Å². The average molecular weight is 251 g/mol. The van der Waals surface area contributed by atoms with Crippen molar-refractivity contribution in [3.63, 3.8) is 0 Å². The third-order valence-electron chi connectivity index (χ3n) is 3.12. The van der Waals surface area contributed by atoms with Crippen LogP contribution in [0.15, 0.2) is 18.2 Å². The van der Waals surface area contributed by atoms with E-state index in [4.69, 9.17) is 14.6 Å². The van der Waals surface area contributed by atoms with Crippen molar-refractivity contribution in [2.24, 2.45) is 5.92 Å². The minimum atomic E-state index is -0.755. The summed E-state index contributed by atoms with van der Waals surface area (Å²) in [6.45, 7) is 2.67.